The fourth-order valence-corrected chi connectivity index (χ4v) is 2.89. The zero-order valence-corrected chi connectivity index (χ0v) is 15.6. The Bertz CT molecular complexity index is 1200. The molecule has 156 valence electrons. The summed E-state index contributed by atoms with van der Waals surface area (Å²) < 4.78 is 52.9. The number of carbonyl (C=O) groups excluding carboxylic acids is 1. The Labute approximate surface area is 173 Å². The molecule has 0 unspecified atom stereocenters. The number of hydrogen-bond acceptors (Lipinski definition) is 4. The molecule has 1 amide bonds. The minimum absolute atomic E-state index is 0.0720. The van der Waals surface area contributed by atoms with E-state index in [1.807, 2.05) is 0 Å². The summed E-state index contributed by atoms with van der Waals surface area (Å²) in [6.45, 7) is 0. The van der Waals surface area contributed by atoms with Crippen LogP contribution < -0.4 is 5.32 Å². The molecule has 0 fully saturated rings. The van der Waals surface area contributed by atoms with Crippen molar-refractivity contribution in [3.63, 3.8) is 0 Å². The second-order valence-electron chi connectivity index (χ2n) is 6.45. The van der Waals surface area contributed by atoms with Crippen LogP contribution in [0.15, 0.2) is 73.1 Å². The van der Waals surface area contributed by atoms with Gasteiger partial charge in [-0.25, -0.2) is 9.07 Å². The molecule has 0 spiro atoms. The molecule has 0 bridgehead atoms. The standard InChI is InChI=1S/C21H13F4N5O/c22-15-5-9-17(10-6-15)30-19(13-2-1-11-26-12-13)18(28-29-30)20(31)27-16-7-3-14(4-8-16)21(23,24)25/h1-12H,(H,27,31). The fraction of sp³-hybridized carbons (Fsp3) is 0.0476. The zero-order valence-electron chi connectivity index (χ0n) is 15.6. The van der Waals surface area contributed by atoms with Crippen LogP contribution in [0.2, 0.25) is 0 Å². The number of alkyl halides is 3. The van der Waals surface area contributed by atoms with Crippen LogP contribution in [0.3, 0.4) is 0 Å². The van der Waals surface area contributed by atoms with Gasteiger partial charge in [-0.3, -0.25) is 9.78 Å². The first-order chi connectivity index (χ1) is 14.8. The molecule has 6 nitrogen and oxygen atoms in total. The highest BCUT2D eigenvalue weighted by Gasteiger charge is 2.30. The van der Waals surface area contributed by atoms with Crippen LogP contribution in [0.5, 0.6) is 0 Å². The number of benzene rings is 2. The number of nitrogens with one attached hydrogen (secondary N) is 1. The molecule has 1 N–H and O–H groups in total. The van der Waals surface area contributed by atoms with Crippen LogP contribution >= 0.6 is 0 Å². The van der Waals surface area contributed by atoms with Crippen molar-refractivity contribution in [3.05, 3.63) is 90.1 Å². The average Bonchev–Trinajstić information content (AvgIpc) is 3.20. The third kappa shape index (κ3) is 4.27. The highest BCUT2D eigenvalue weighted by Crippen LogP contribution is 2.30. The van der Waals surface area contributed by atoms with Crippen LogP contribution in [0.1, 0.15) is 16.1 Å². The van der Waals surface area contributed by atoms with Crippen molar-refractivity contribution in [1.82, 2.24) is 20.0 Å². The van der Waals surface area contributed by atoms with Gasteiger partial charge >= 0.3 is 6.18 Å². The van der Waals surface area contributed by atoms with Gasteiger partial charge in [0.1, 0.15) is 11.5 Å². The van der Waals surface area contributed by atoms with Gasteiger partial charge in [-0.15, -0.1) is 5.10 Å². The minimum Gasteiger partial charge on any atom is -0.321 e. The highest BCUT2D eigenvalue weighted by atomic mass is 19.4. The van der Waals surface area contributed by atoms with E-state index in [9.17, 15) is 22.4 Å². The third-order valence-electron chi connectivity index (χ3n) is 4.36. The normalized spacial score (nSPS) is 11.4. The van der Waals surface area contributed by atoms with Gasteiger partial charge < -0.3 is 5.32 Å². The van der Waals surface area contributed by atoms with Gasteiger partial charge in [-0.05, 0) is 60.7 Å². The molecule has 2 heterocycles. The van der Waals surface area contributed by atoms with E-state index in [0.717, 1.165) is 24.3 Å². The van der Waals surface area contributed by atoms with Crippen molar-refractivity contribution >= 4 is 11.6 Å². The van der Waals surface area contributed by atoms with Crippen molar-refractivity contribution in [2.75, 3.05) is 5.32 Å². The van der Waals surface area contributed by atoms with Crippen molar-refractivity contribution in [2.24, 2.45) is 0 Å². The maximum absolute atomic E-state index is 13.3. The number of halogens is 4. The highest BCUT2D eigenvalue weighted by molar-refractivity contribution is 6.06. The van der Waals surface area contributed by atoms with Crippen LogP contribution in [-0.4, -0.2) is 25.9 Å². The lowest BCUT2D eigenvalue weighted by Gasteiger charge is -2.10. The lowest BCUT2D eigenvalue weighted by molar-refractivity contribution is -0.137. The predicted octanol–water partition coefficient (Wildman–Crippen LogP) is 4.74. The lowest BCUT2D eigenvalue weighted by Crippen LogP contribution is -2.14. The SMILES string of the molecule is O=C(Nc1ccc(C(F)(F)F)cc1)c1nnn(-c2ccc(F)cc2)c1-c1cccnc1. The number of amides is 1. The summed E-state index contributed by atoms with van der Waals surface area (Å²) >= 11 is 0. The molecule has 10 heteroatoms. The second-order valence-corrected chi connectivity index (χ2v) is 6.45. The number of rotatable bonds is 4. The third-order valence-corrected chi connectivity index (χ3v) is 4.36. The molecule has 2 aromatic carbocycles. The molecule has 4 aromatic rings. The molecule has 0 saturated heterocycles. The van der Waals surface area contributed by atoms with Crippen molar-refractivity contribution in [1.29, 1.82) is 0 Å². The van der Waals surface area contributed by atoms with Crippen molar-refractivity contribution in [3.8, 4) is 16.9 Å². The van der Waals surface area contributed by atoms with Crippen LogP contribution in [-0.2, 0) is 6.18 Å². The second kappa shape index (κ2) is 7.98. The van der Waals surface area contributed by atoms with Gasteiger partial charge in [0.2, 0.25) is 0 Å². The number of carbonyl (C=O) groups is 1. The Morgan fingerprint density at radius 1 is 0.968 bits per heavy atom. The maximum atomic E-state index is 13.3. The van der Waals surface area contributed by atoms with Gasteiger partial charge in [0, 0.05) is 23.6 Å². The first-order valence-electron chi connectivity index (χ1n) is 8.93. The Hall–Kier alpha value is -4.08. The van der Waals surface area contributed by atoms with Crippen LogP contribution in [0, 0.1) is 5.82 Å². The summed E-state index contributed by atoms with van der Waals surface area (Å²) in [7, 11) is 0. The summed E-state index contributed by atoms with van der Waals surface area (Å²) in [5.74, 6) is -1.11. The first kappa shape index (κ1) is 20.2. The summed E-state index contributed by atoms with van der Waals surface area (Å²) in [5, 5.41) is 10.5. The van der Waals surface area contributed by atoms with Crippen molar-refractivity contribution < 1.29 is 22.4 Å². The molecule has 0 saturated carbocycles. The van der Waals surface area contributed by atoms with E-state index in [2.05, 4.69) is 20.6 Å². The Morgan fingerprint density at radius 3 is 2.29 bits per heavy atom. The monoisotopic (exact) mass is 427 g/mol. The van der Waals surface area contributed by atoms with Crippen molar-refractivity contribution in [2.45, 2.75) is 6.18 Å². The lowest BCUT2D eigenvalue weighted by atomic mass is 10.1. The summed E-state index contributed by atoms with van der Waals surface area (Å²) in [5.41, 5.74) is 0.535. The topological polar surface area (TPSA) is 72.7 Å². The quantitative estimate of drug-likeness (QED) is 0.478. The van der Waals surface area contributed by atoms with E-state index >= 15 is 0 Å². The minimum atomic E-state index is -4.48. The largest absolute Gasteiger partial charge is 0.416 e. The number of aromatic nitrogens is 4. The maximum Gasteiger partial charge on any atom is 0.416 e. The molecule has 0 aliphatic rings. The van der Waals surface area contributed by atoms with E-state index in [1.165, 1.54) is 35.1 Å². The van der Waals surface area contributed by atoms with Gasteiger partial charge in [0.15, 0.2) is 5.69 Å². The molecular weight excluding hydrogens is 414 g/mol. The summed E-state index contributed by atoms with van der Waals surface area (Å²) in [4.78, 5) is 16.9. The molecule has 0 aliphatic carbocycles. The molecule has 0 radical (unpaired) electrons. The van der Waals surface area contributed by atoms with E-state index in [-0.39, 0.29) is 11.4 Å². The molecule has 0 atom stereocenters. The molecule has 0 aliphatic heterocycles. The Balaban J connectivity index is 1.71. The molecule has 2 aromatic heterocycles. The van der Waals surface area contributed by atoms with E-state index in [4.69, 9.17) is 0 Å². The van der Waals surface area contributed by atoms with Crippen LogP contribution in [0.25, 0.3) is 16.9 Å². The smallest absolute Gasteiger partial charge is 0.321 e. The Kier molecular flexibility index (Phi) is 5.20. The van der Waals surface area contributed by atoms with Gasteiger partial charge in [-0.2, -0.15) is 13.2 Å². The Morgan fingerprint density at radius 2 is 1.68 bits per heavy atom. The molecule has 31 heavy (non-hydrogen) atoms. The van der Waals surface area contributed by atoms with Gasteiger partial charge in [0.05, 0.1) is 11.3 Å². The van der Waals surface area contributed by atoms with E-state index < -0.39 is 23.5 Å². The molecular formula is C21H13F4N5O. The number of pyridine rings is 1. The number of anilines is 1. The number of nitrogens with zero attached hydrogens (tertiary/aromatic N) is 4. The summed E-state index contributed by atoms with van der Waals surface area (Å²) in [6, 6.07) is 12.8. The van der Waals surface area contributed by atoms with E-state index in [0.29, 0.717) is 16.9 Å². The number of hydrogen-bond donors (Lipinski definition) is 1. The van der Waals surface area contributed by atoms with E-state index in [1.54, 1.807) is 18.3 Å². The van der Waals surface area contributed by atoms with Gasteiger partial charge in [0.25, 0.3) is 5.91 Å². The van der Waals surface area contributed by atoms with Gasteiger partial charge in [-0.1, -0.05) is 5.21 Å². The first-order valence-corrected chi connectivity index (χ1v) is 8.93. The zero-order chi connectivity index (χ0) is 22.0. The fourth-order valence-electron chi connectivity index (χ4n) is 2.89. The van der Waals surface area contributed by atoms with Crippen LogP contribution in [0.4, 0.5) is 23.2 Å². The molecule has 4 rings (SSSR count). The summed E-state index contributed by atoms with van der Waals surface area (Å²) in [6.07, 6.45) is -1.42. The predicted molar refractivity (Wildman–Crippen MR) is 104 cm³/mol. The average molecular weight is 427 g/mol.